The molecule has 0 fully saturated rings. The van der Waals surface area contributed by atoms with E-state index in [1.165, 1.54) is 12.1 Å². The number of aliphatic hydroxyl groups is 1. The summed E-state index contributed by atoms with van der Waals surface area (Å²) in [5.41, 5.74) is 0.916. The van der Waals surface area contributed by atoms with Gasteiger partial charge in [-0.15, -0.1) is 0 Å². The Morgan fingerprint density at radius 1 is 1.32 bits per heavy atom. The molecular weight excluding hydrogens is 333 g/mol. The minimum Gasteiger partial charge on any atom is -0.384 e. The number of hydrogen-bond donors (Lipinski definition) is 1. The average Bonchev–Trinajstić information content (AvgIpc) is 2.44. The summed E-state index contributed by atoms with van der Waals surface area (Å²) in [4.78, 5) is 0. The van der Waals surface area contributed by atoms with Gasteiger partial charge < -0.3 is 5.11 Å². The Balaban J connectivity index is 2.47. The summed E-state index contributed by atoms with van der Waals surface area (Å²) in [6, 6.07) is 11.4. The van der Waals surface area contributed by atoms with E-state index in [9.17, 15) is 9.50 Å². The Labute approximate surface area is 123 Å². The maximum Gasteiger partial charge on any atom is 0.149 e. The first-order valence-electron chi connectivity index (χ1n) is 5.36. The van der Waals surface area contributed by atoms with Crippen LogP contribution >= 0.6 is 27.5 Å². The lowest BCUT2D eigenvalue weighted by Gasteiger charge is -2.14. The molecule has 96 valence electrons. The van der Waals surface area contributed by atoms with E-state index >= 15 is 0 Å². The number of nitrogens with zero attached hydrogens (tertiary/aromatic N) is 1. The predicted molar refractivity (Wildman–Crippen MR) is 74.3 cm³/mol. The molecule has 2 nitrogen and oxygen atoms in total. The molecule has 1 atom stereocenters. The molecule has 2 aromatic carbocycles. The van der Waals surface area contributed by atoms with Crippen molar-refractivity contribution in [3.8, 4) is 6.07 Å². The summed E-state index contributed by atoms with van der Waals surface area (Å²) in [5, 5.41) is 18.9. The van der Waals surface area contributed by atoms with Gasteiger partial charge in [0, 0.05) is 10.0 Å². The van der Waals surface area contributed by atoms with Crippen LogP contribution in [0.15, 0.2) is 40.9 Å². The van der Waals surface area contributed by atoms with Gasteiger partial charge in [-0.05, 0) is 39.7 Å². The highest BCUT2D eigenvalue weighted by atomic mass is 79.9. The lowest BCUT2D eigenvalue weighted by atomic mass is 9.99. The first-order valence-corrected chi connectivity index (χ1v) is 6.53. The Bertz CT molecular complexity index is 669. The first-order chi connectivity index (χ1) is 9.04. The highest BCUT2D eigenvalue weighted by molar-refractivity contribution is 9.10. The predicted octanol–water partition coefficient (Wildman–Crippen LogP) is 4.19. The molecule has 0 saturated heterocycles. The lowest BCUT2D eigenvalue weighted by molar-refractivity contribution is 0.215. The van der Waals surface area contributed by atoms with E-state index in [2.05, 4.69) is 15.9 Å². The molecule has 0 aliphatic carbocycles. The van der Waals surface area contributed by atoms with Crippen LogP contribution in [0.5, 0.6) is 0 Å². The monoisotopic (exact) mass is 339 g/mol. The van der Waals surface area contributed by atoms with Crippen molar-refractivity contribution in [3.05, 3.63) is 68.4 Å². The number of benzene rings is 2. The second-order valence-electron chi connectivity index (χ2n) is 3.90. The van der Waals surface area contributed by atoms with E-state index in [1.54, 1.807) is 24.3 Å². The lowest BCUT2D eigenvalue weighted by Crippen LogP contribution is -2.03. The van der Waals surface area contributed by atoms with Crippen molar-refractivity contribution in [3.63, 3.8) is 0 Å². The minimum absolute atomic E-state index is 0.0725. The molecule has 0 aliphatic rings. The zero-order valence-electron chi connectivity index (χ0n) is 9.57. The third kappa shape index (κ3) is 2.79. The highest BCUT2D eigenvalue weighted by Gasteiger charge is 2.18. The van der Waals surface area contributed by atoms with Gasteiger partial charge in [0.2, 0.25) is 0 Å². The molecule has 0 aliphatic heterocycles. The minimum atomic E-state index is -1.17. The van der Waals surface area contributed by atoms with Gasteiger partial charge in [0.25, 0.3) is 0 Å². The van der Waals surface area contributed by atoms with Crippen LogP contribution in [0.25, 0.3) is 0 Å². The molecule has 0 spiro atoms. The van der Waals surface area contributed by atoms with Gasteiger partial charge in [0.15, 0.2) is 0 Å². The topological polar surface area (TPSA) is 44.0 Å². The summed E-state index contributed by atoms with van der Waals surface area (Å²) in [7, 11) is 0. The first kappa shape index (κ1) is 14.0. The Hall–Kier alpha value is -1.41. The fourth-order valence-electron chi connectivity index (χ4n) is 1.71. The van der Waals surface area contributed by atoms with Crippen LogP contribution in [-0.4, -0.2) is 5.11 Å². The number of nitriles is 1. The van der Waals surface area contributed by atoms with Crippen molar-refractivity contribution in [1.82, 2.24) is 0 Å². The quantitative estimate of drug-likeness (QED) is 0.833. The molecule has 0 amide bonds. The molecule has 1 N–H and O–H groups in total. The van der Waals surface area contributed by atoms with Crippen LogP contribution in [-0.2, 0) is 0 Å². The molecule has 0 heterocycles. The highest BCUT2D eigenvalue weighted by Crippen LogP contribution is 2.32. The fourth-order valence-corrected chi connectivity index (χ4v) is 2.19. The number of halogens is 3. The molecule has 0 saturated carbocycles. The van der Waals surface area contributed by atoms with Crippen LogP contribution < -0.4 is 0 Å². The number of hydrogen-bond acceptors (Lipinski definition) is 2. The van der Waals surface area contributed by atoms with Crippen LogP contribution in [0.2, 0.25) is 5.02 Å². The van der Waals surface area contributed by atoms with Gasteiger partial charge in [-0.2, -0.15) is 5.26 Å². The average molecular weight is 341 g/mol. The van der Waals surface area contributed by atoms with Crippen LogP contribution in [0.4, 0.5) is 4.39 Å². The third-order valence-corrected chi connectivity index (χ3v) is 3.95. The van der Waals surface area contributed by atoms with Crippen LogP contribution in [0.1, 0.15) is 22.8 Å². The maximum atomic E-state index is 14.0. The van der Waals surface area contributed by atoms with Gasteiger partial charge in [0.05, 0.1) is 16.7 Å². The molecule has 0 aromatic heterocycles. The van der Waals surface area contributed by atoms with Gasteiger partial charge in [0.1, 0.15) is 11.9 Å². The SMILES string of the molecule is N#Cc1cccc(C(O)c2ccc(Br)c(Cl)c2F)c1. The van der Waals surface area contributed by atoms with E-state index in [0.717, 1.165) is 0 Å². The normalized spacial score (nSPS) is 11.9. The van der Waals surface area contributed by atoms with Crippen molar-refractivity contribution in [2.75, 3.05) is 0 Å². The number of aliphatic hydroxyl groups excluding tert-OH is 1. The molecular formula is C14H8BrClFNO. The van der Waals surface area contributed by atoms with Crippen molar-refractivity contribution >= 4 is 27.5 Å². The van der Waals surface area contributed by atoms with E-state index < -0.39 is 11.9 Å². The maximum absolute atomic E-state index is 14.0. The Kier molecular flexibility index (Phi) is 4.20. The molecule has 2 rings (SSSR count). The molecule has 19 heavy (non-hydrogen) atoms. The summed E-state index contributed by atoms with van der Waals surface area (Å²) in [5.74, 6) is -0.675. The van der Waals surface area contributed by atoms with Crippen LogP contribution in [0.3, 0.4) is 0 Å². The van der Waals surface area contributed by atoms with E-state index in [4.69, 9.17) is 16.9 Å². The summed E-state index contributed by atoms with van der Waals surface area (Å²) < 4.78 is 14.4. The van der Waals surface area contributed by atoms with E-state index in [1.807, 2.05) is 6.07 Å². The second kappa shape index (κ2) is 5.70. The fraction of sp³-hybridized carbons (Fsp3) is 0.0714. The smallest absolute Gasteiger partial charge is 0.149 e. The third-order valence-electron chi connectivity index (χ3n) is 2.69. The van der Waals surface area contributed by atoms with Gasteiger partial charge in [-0.1, -0.05) is 29.8 Å². The van der Waals surface area contributed by atoms with E-state index in [-0.39, 0.29) is 10.6 Å². The summed E-state index contributed by atoms with van der Waals surface area (Å²) in [6.07, 6.45) is -1.17. The molecule has 1 unspecified atom stereocenters. The summed E-state index contributed by atoms with van der Waals surface area (Å²) >= 11 is 8.90. The van der Waals surface area contributed by atoms with Crippen molar-refractivity contribution < 1.29 is 9.50 Å². The zero-order chi connectivity index (χ0) is 14.0. The Morgan fingerprint density at radius 2 is 2.05 bits per heavy atom. The zero-order valence-corrected chi connectivity index (χ0v) is 11.9. The Morgan fingerprint density at radius 3 is 2.74 bits per heavy atom. The molecule has 0 bridgehead atoms. The van der Waals surface area contributed by atoms with Crippen molar-refractivity contribution in [2.24, 2.45) is 0 Å². The largest absolute Gasteiger partial charge is 0.384 e. The summed E-state index contributed by atoms with van der Waals surface area (Å²) in [6.45, 7) is 0. The van der Waals surface area contributed by atoms with Gasteiger partial charge in [-0.25, -0.2) is 4.39 Å². The molecule has 5 heteroatoms. The van der Waals surface area contributed by atoms with Crippen molar-refractivity contribution in [1.29, 1.82) is 5.26 Å². The standard InChI is InChI=1S/C14H8BrClFNO/c15-11-5-4-10(13(17)12(11)16)14(19)9-3-1-2-8(6-9)7-18/h1-6,14,19H. The van der Waals surface area contributed by atoms with E-state index in [0.29, 0.717) is 15.6 Å². The molecule has 0 radical (unpaired) electrons. The van der Waals surface area contributed by atoms with Crippen molar-refractivity contribution in [2.45, 2.75) is 6.10 Å². The number of rotatable bonds is 2. The second-order valence-corrected chi connectivity index (χ2v) is 5.14. The van der Waals surface area contributed by atoms with Crippen LogP contribution in [0, 0.1) is 17.1 Å². The van der Waals surface area contributed by atoms with Gasteiger partial charge in [-0.3, -0.25) is 0 Å². The molecule has 2 aromatic rings. The van der Waals surface area contributed by atoms with Gasteiger partial charge >= 0.3 is 0 Å².